The molecule has 0 aliphatic heterocycles. The summed E-state index contributed by atoms with van der Waals surface area (Å²) in [6.07, 6.45) is 2.64. The third kappa shape index (κ3) is 2.83. The number of benzene rings is 1. The van der Waals surface area contributed by atoms with Gasteiger partial charge >= 0.3 is 0 Å². The van der Waals surface area contributed by atoms with Crippen LogP contribution in [0.1, 0.15) is 35.7 Å². The highest BCUT2D eigenvalue weighted by atomic mass is 16.1. The van der Waals surface area contributed by atoms with Gasteiger partial charge in [-0.2, -0.15) is 0 Å². The van der Waals surface area contributed by atoms with Gasteiger partial charge in [0.15, 0.2) is 0 Å². The maximum atomic E-state index is 11.0. The minimum Gasteiger partial charge on any atom is -0.366 e. The fourth-order valence-electron chi connectivity index (χ4n) is 1.73. The molecule has 0 aromatic heterocycles. The second kappa shape index (κ2) is 4.26. The molecule has 0 radical (unpaired) electrons. The van der Waals surface area contributed by atoms with Crippen molar-refractivity contribution in [2.45, 2.75) is 26.3 Å². The van der Waals surface area contributed by atoms with Crippen molar-refractivity contribution in [3.8, 4) is 0 Å². The molecule has 0 atom stereocenters. The van der Waals surface area contributed by atoms with Crippen LogP contribution in [0.5, 0.6) is 0 Å². The molecule has 3 N–H and O–H groups in total. The molecule has 1 aromatic carbocycles. The predicted molar refractivity (Wildman–Crippen MR) is 64.0 cm³/mol. The summed E-state index contributed by atoms with van der Waals surface area (Å²) >= 11 is 0. The predicted octanol–water partition coefficient (Wildman–Crippen LogP) is 1.68. The first-order valence-electron chi connectivity index (χ1n) is 5.69. The minimum absolute atomic E-state index is 0.365. The Labute approximate surface area is 96.0 Å². The molecule has 0 spiro atoms. The first kappa shape index (κ1) is 11.1. The number of carbonyl (C=O) groups is 1. The number of hydrogen-bond acceptors (Lipinski definition) is 2. The number of amides is 1. The van der Waals surface area contributed by atoms with Crippen LogP contribution in [0.15, 0.2) is 24.3 Å². The van der Waals surface area contributed by atoms with Gasteiger partial charge in [0.05, 0.1) is 0 Å². The summed E-state index contributed by atoms with van der Waals surface area (Å²) in [4.78, 5) is 11.0. The molecule has 1 aliphatic carbocycles. The molecule has 3 nitrogen and oxygen atoms in total. The Balaban J connectivity index is 1.88. The molecule has 0 heterocycles. The van der Waals surface area contributed by atoms with E-state index in [0.717, 1.165) is 18.7 Å². The molecule has 2 rings (SSSR count). The monoisotopic (exact) mass is 218 g/mol. The van der Waals surface area contributed by atoms with Crippen LogP contribution < -0.4 is 11.1 Å². The molecule has 0 bridgehead atoms. The second-order valence-electron chi connectivity index (χ2n) is 4.98. The lowest BCUT2D eigenvalue weighted by Gasteiger charge is -2.10. The molecule has 1 fully saturated rings. The summed E-state index contributed by atoms with van der Waals surface area (Å²) in [5.74, 6) is -0.365. The van der Waals surface area contributed by atoms with E-state index < -0.39 is 0 Å². The van der Waals surface area contributed by atoms with Gasteiger partial charge in [0.2, 0.25) is 5.91 Å². The average Bonchev–Trinajstić information content (AvgIpc) is 2.97. The Kier molecular flexibility index (Phi) is 2.97. The first-order chi connectivity index (χ1) is 7.59. The van der Waals surface area contributed by atoms with Crippen molar-refractivity contribution < 1.29 is 4.79 Å². The van der Waals surface area contributed by atoms with Gasteiger partial charge in [-0.25, -0.2) is 0 Å². The molecular formula is C13H18N2O. The van der Waals surface area contributed by atoms with E-state index in [4.69, 9.17) is 5.73 Å². The van der Waals surface area contributed by atoms with E-state index in [1.165, 1.54) is 12.8 Å². The summed E-state index contributed by atoms with van der Waals surface area (Å²) in [6.45, 7) is 4.14. The molecule has 1 saturated carbocycles. The molecular weight excluding hydrogens is 200 g/mol. The van der Waals surface area contributed by atoms with Gasteiger partial charge in [0.1, 0.15) is 0 Å². The zero-order valence-corrected chi connectivity index (χ0v) is 9.62. The molecule has 86 valence electrons. The van der Waals surface area contributed by atoms with Crippen molar-refractivity contribution in [1.82, 2.24) is 5.32 Å². The van der Waals surface area contributed by atoms with Crippen LogP contribution in [0.3, 0.4) is 0 Å². The molecule has 1 aliphatic rings. The van der Waals surface area contributed by atoms with E-state index in [2.05, 4.69) is 12.2 Å². The number of carbonyl (C=O) groups excluding carboxylic acids is 1. The molecule has 1 aromatic rings. The average molecular weight is 218 g/mol. The Hall–Kier alpha value is -1.35. The van der Waals surface area contributed by atoms with Gasteiger partial charge in [0, 0.05) is 18.7 Å². The quantitative estimate of drug-likeness (QED) is 0.790. The highest BCUT2D eigenvalue weighted by Gasteiger charge is 2.36. The van der Waals surface area contributed by atoms with Gasteiger partial charge in [-0.15, -0.1) is 0 Å². The summed E-state index contributed by atoms with van der Waals surface area (Å²) in [6, 6.07) is 7.48. The lowest BCUT2D eigenvalue weighted by molar-refractivity contribution is 0.1000. The summed E-state index contributed by atoms with van der Waals surface area (Å²) < 4.78 is 0. The second-order valence-corrected chi connectivity index (χ2v) is 4.98. The number of nitrogens with one attached hydrogen (secondary N) is 1. The molecule has 16 heavy (non-hydrogen) atoms. The third-order valence-corrected chi connectivity index (χ3v) is 3.20. The highest BCUT2D eigenvalue weighted by Crippen LogP contribution is 2.44. The van der Waals surface area contributed by atoms with Crippen LogP contribution in [0.4, 0.5) is 0 Å². The van der Waals surface area contributed by atoms with Gasteiger partial charge in [-0.1, -0.05) is 19.1 Å². The number of primary amides is 1. The van der Waals surface area contributed by atoms with E-state index >= 15 is 0 Å². The Bertz CT molecular complexity index is 397. The lowest BCUT2D eigenvalue weighted by atomic mass is 10.1. The van der Waals surface area contributed by atoms with Gasteiger partial charge in [-0.05, 0) is 36.0 Å². The molecule has 3 heteroatoms. The fourth-order valence-corrected chi connectivity index (χ4v) is 1.73. The zero-order valence-electron chi connectivity index (χ0n) is 9.62. The van der Waals surface area contributed by atoms with Gasteiger partial charge in [0.25, 0.3) is 0 Å². The number of rotatable bonds is 5. The first-order valence-corrected chi connectivity index (χ1v) is 5.69. The van der Waals surface area contributed by atoms with Crippen LogP contribution in [-0.2, 0) is 6.54 Å². The van der Waals surface area contributed by atoms with E-state index in [-0.39, 0.29) is 5.91 Å². The third-order valence-electron chi connectivity index (χ3n) is 3.20. The molecule has 0 unspecified atom stereocenters. The lowest BCUT2D eigenvalue weighted by Crippen LogP contribution is -2.21. The molecule has 1 amide bonds. The van der Waals surface area contributed by atoms with Crippen LogP contribution >= 0.6 is 0 Å². The maximum Gasteiger partial charge on any atom is 0.248 e. The normalized spacial score (nSPS) is 17.1. The smallest absolute Gasteiger partial charge is 0.248 e. The van der Waals surface area contributed by atoms with Gasteiger partial charge in [-0.3, -0.25) is 4.79 Å². The van der Waals surface area contributed by atoms with Crippen LogP contribution in [-0.4, -0.2) is 12.5 Å². The Morgan fingerprint density at radius 1 is 1.50 bits per heavy atom. The molecule has 0 saturated heterocycles. The van der Waals surface area contributed by atoms with Crippen molar-refractivity contribution in [3.05, 3.63) is 35.4 Å². The topological polar surface area (TPSA) is 55.1 Å². The SMILES string of the molecule is CC1(CNCc2cccc(C(N)=O)c2)CC1. The minimum atomic E-state index is -0.365. The Morgan fingerprint density at radius 3 is 2.88 bits per heavy atom. The summed E-state index contributed by atoms with van der Waals surface area (Å²) in [5, 5.41) is 3.42. The van der Waals surface area contributed by atoms with Crippen LogP contribution in [0.25, 0.3) is 0 Å². The van der Waals surface area contributed by atoms with E-state index in [1.54, 1.807) is 6.07 Å². The fraction of sp³-hybridized carbons (Fsp3) is 0.462. The standard InChI is InChI=1S/C13H18N2O/c1-13(5-6-13)9-15-8-10-3-2-4-11(7-10)12(14)16/h2-4,7,15H,5-6,8-9H2,1H3,(H2,14,16). The van der Waals surface area contributed by atoms with Crippen LogP contribution in [0.2, 0.25) is 0 Å². The summed E-state index contributed by atoms with van der Waals surface area (Å²) in [5.41, 5.74) is 7.44. The van der Waals surface area contributed by atoms with Crippen molar-refractivity contribution in [1.29, 1.82) is 0 Å². The summed E-state index contributed by atoms with van der Waals surface area (Å²) in [7, 11) is 0. The zero-order chi connectivity index (χ0) is 11.6. The number of nitrogens with two attached hydrogens (primary N) is 1. The van der Waals surface area contributed by atoms with Crippen molar-refractivity contribution >= 4 is 5.91 Å². The highest BCUT2D eigenvalue weighted by molar-refractivity contribution is 5.92. The Morgan fingerprint density at radius 2 is 2.25 bits per heavy atom. The van der Waals surface area contributed by atoms with Crippen LogP contribution in [0, 0.1) is 5.41 Å². The van der Waals surface area contributed by atoms with Gasteiger partial charge < -0.3 is 11.1 Å². The van der Waals surface area contributed by atoms with E-state index in [0.29, 0.717) is 11.0 Å². The largest absolute Gasteiger partial charge is 0.366 e. The number of hydrogen-bond donors (Lipinski definition) is 2. The van der Waals surface area contributed by atoms with Crippen molar-refractivity contribution in [2.75, 3.05) is 6.54 Å². The van der Waals surface area contributed by atoms with Crippen molar-refractivity contribution in [3.63, 3.8) is 0 Å². The van der Waals surface area contributed by atoms with E-state index in [1.807, 2.05) is 18.2 Å². The maximum absolute atomic E-state index is 11.0. The van der Waals surface area contributed by atoms with E-state index in [9.17, 15) is 4.79 Å². The van der Waals surface area contributed by atoms with Crippen molar-refractivity contribution in [2.24, 2.45) is 11.1 Å².